The molecule has 110 valence electrons. The van der Waals surface area contributed by atoms with Crippen LogP contribution in [0.4, 0.5) is 0 Å². The summed E-state index contributed by atoms with van der Waals surface area (Å²) < 4.78 is 0. The van der Waals surface area contributed by atoms with E-state index in [9.17, 15) is 0 Å². The van der Waals surface area contributed by atoms with Gasteiger partial charge in [-0.2, -0.15) is 0 Å². The maximum atomic E-state index is 2.46. The van der Waals surface area contributed by atoms with Crippen molar-refractivity contribution < 1.29 is 0 Å². The topological polar surface area (TPSA) is 0 Å². The van der Waals surface area contributed by atoms with Crippen molar-refractivity contribution in [1.82, 2.24) is 0 Å². The second kappa shape index (κ2) is 5.28. The van der Waals surface area contributed by atoms with Gasteiger partial charge >= 0.3 is 0 Å². The largest absolute Gasteiger partial charge is 0.0719 e. The molecule has 1 unspecified atom stereocenters. The second-order valence-corrected chi connectivity index (χ2v) is 6.55. The highest BCUT2D eigenvalue weighted by Crippen LogP contribution is 2.48. The number of rotatable bonds is 2. The molecular formula is C22H22. The van der Waals surface area contributed by atoms with Crippen molar-refractivity contribution in [1.29, 1.82) is 0 Å². The number of hydrogen-bond acceptors (Lipinski definition) is 0. The van der Waals surface area contributed by atoms with Gasteiger partial charge < -0.3 is 0 Å². The van der Waals surface area contributed by atoms with E-state index < -0.39 is 0 Å². The molecule has 0 aliphatic heterocycles. The fourth-order valence-corrected chi connectivity index (χ4v) is 4.05. The van der Waals surface area contributed by atoms with Crippen LogP contribution >= 0.6 is 0 Å². The van der Waals surface area contributed by atoms with Gasteiger partial charge in [0.15, 0.2) is 0 Å². The molecule has 0 N–H and O–H groups in total. The Hall–Kier alpha value is -2.08. The molecule has 0 spiro atoms. The van der Waals surface area contributed by atoms with Crippen molar-refractivity contribution in [3.05, 3.63) is 88.1 Å². The highest BCUT2D eigenvalue weighted by molar-refractivity contribution is 5.86. The fourth-order valence-electron chi connectivity index (χ4n) is 4.05. The lowest BCUT2D eigenvalue weighted by atomic mass is 9.84. The normalized spacial score (nSPS) is 23.3. The van der Waals surface area contributed by atoms with Crippen LogP contribution in [0.5, 0.6) is 0 Å². The third-order valence-corrected chi connectivity index (χ3v) is 5.22. The van der Waals surface area contributed by atoms with E-state index in [4.69, 9.17) is 0 Å². The van der Waals surface area contributed by atoms with Crippen LogP contribution in [0.2, 0.25) is 0 Å². The SMILES string of the molecule is CCC1=CC2=C(C1)C1C(C)=CC=C1CC=C2c1ccccc1. The Bertz CT molecular complexity index is 764. The molecule has 1 aromatic carbocycles. The van der Waals surface area contributed by atoms with Gasteiger partial charge in [-0.15, -0.1) is 0 Å². The molecule has 22 heavy (non-hydrogen) atoms. The molecule has 0 heteroatoms. The van der Waals surface area contributed by atoms with Crippen molar-refractivity contribution in [2.75, 3.05) is 0 Å². The molecule has 4 rings (SSSR count). The van der Waals surface area contributed by atoms with Crippen molar-refractivity contribution in [2.45, 2.75) is 33.1 Å². The molecule has 1 aromatic rings. The van der Waals surface area contributed by atoms with Crippen LogP contribution in [0.1, 0.15) is 38.7 Å². The summed E-state index contributed by atoms with van der Waals surface area (Å²) in [5.74, 6) is 0.549. The van der Waals surface area contributed by atoms with E-state index in [2.05, 4.69) is 68.5 Å². The molecule has 3 aliphatic rings. The number of hydrogen-bond donors (Lipinski definition) is 0. The minimum Gasteiger partial charge on any atom is -0.0719 e. The molecule has 0 saturated carbocycles. The molecule has 0 saturated heterocycles. The van der Waals surface area contributed by atoms with Gasteiger partial charge in [0.25, 0.3) is 0 Å². The molecule has 0 amide bonds. The van der Waals surface area contributed by atoms with Crippen LogP contribution in [0.15, 0.2) is 82.5 Å². The van der Waals surface area contributed by atoms with Gasteiger partial charge in [-0.3, -0.25) is 0 Å². The van der Waals surface area contributed by atoms with Crippen LogP contribution in [0.25, 0.3) is 5.57 Å². The van der Waals surface area contributed by atoms with Gasteiger partial charge in [-0.25, -0.2) is 0 Å². The highest BCUT2D eigenvalue weighted by Gasteiger charge is 2.32. The minimum absolute atomic E-state index is 0.549. The Morgan fingerprint density at radius 3 is 2.68 bits per heavy atom. The smallest absolute Gasteiger partial charge is 0.0235 e. The average Bonchev–Trinajstić information content (AvgIpc) is 3.09. The Balaban J connectivity index is 1.87. The maximum Gasteiger partial charge on any atom is 0.0235 e. The Kier molecular flexibility index (Phi) is 3.26. The summed E-state index contributed by atoms with van der Waals surface area (Å²) in [7, 11) is 0. The summed E-state index contributed by atoms with van der Waals surface area (Å²) in [6.45, 7) is 4.56. The molecule has 0 radical (unpaired) electrons. The lowest BCUT2D eigenvalue weighted by molar-refractivity contribution is 0.794. The monoisotopic (exact) mass is 286 g/mol. The fraction of sp³-hybridized carbons (Fsp3) is 0.273. The first-order chi connectivity index (χ1) is 10.8. The summed E-state index contributed by atoms with van der Waals surface area (Å²) >= 11 is 0. The Morgan fingerprint density at radius 1 is 1.09 bits per heavy atom. The third kappa shape index (κ3) is 2.06. The van der Waals surface area contributed by atoms with Gasteiger partial charge in [0.05, 0.1) is 0 Å². The molecule has 0 heterocycles. The van der Waals surface area contributed by atoms with E-state index in [0.717, 1.165) is 19.3 Å². The van der Waals surface area contributed by atoms with Gasteiger partial charge in [0, 0.05) is 5.92 Å². The number of benzene rings is 1. The summed E-state index contributed by atoms with van der Waals surface area (Å²) in [5, 5.41) is 0. The van der Waals surface area contributed by atoms with Crippen molar-refractivity contribution in [2.24, 2.45) is 5.92 Å². The Labute approximate surface area is 133 Å². The summed E-state index contributed by atoms with van der Waals surface area (Å²) in [6, 6.07) is 10.9. The van der Waals surface area contributed by atoms with E-state index in [1.807, 2.05) is 0 Å². The highest BCUT2D eigenvalue weighted by atomic mass is 14.4. The molecular weight excluding hydrogens is 264 g/mol. The summed E-state index contributed by atoms with van der Waals surface area (Å²) in [5.41, 5.74) is 10.6. The summed E-state index contributed by atoms with van der Waals surface area (Å²) in [6.07, 6.45) is 13.0. The van der Waals surface area contributed by atoms with E-state index in [-0.39, 0.29) is 0 Å². The van der Waals surface area contributed by atoms with Crippen molar-refractivity contribution in [3.63, 3.8) is 0 Å². The first kappa shape index (κ1) is 13.6. The minimum atomic E-state index is 0.549. The van der Waals surface area contributed by atoms with Crippen LogP contribution in [0, 0.1) is 5.92 Å². The average molecular weight is 286 g/mol. The lowest BCUT2D eigenvalue weighted by Crippen LogP contribution is -2.06. The lowest BCUT2D eigenvalue weighted by Gasteiger charge is -2.19. The van der Waals surface area contributed by atoms with Gasteiger partial charge in [0.1, 0.15) is 0 Å². The van der Waals surface area contributed by atoms with Gasteiger partial charge in [-0.05, 0) is 48.5 Å². The van der Waals surface area contributed by atoms with Crippen molar-refractivity contribution >= 4 is 5.57 Å². The zero-order valence-corrected chi connectivity index (χ0v) is 13.4. The predicted octanol–water partition coefficient (Wildman–Crippen LogP) is 6.01. The van der Waals surface area contributed by atoms with Crippen molar-refractivity contribution in [3.8, 4) is 0 Å². The van der Waals surface area contributed by atoms with Crippen LogP contribution < -0.4 is 0 Å². The third-order valence-electron chi connectivity index (χ3n) is 5.22. The zero-order valence-electron chi connectivity index (χ0n) is 13.4. The summed E-state index contributed by atoms with van der Waals surface area (Å²) in [4.78, 5) is 0. The quantitative estimate of drug-likeness (QED) is 0.624. The van der Waals surface area contributed by atoms with E-state index in [0.29, 0.717) is 5.92 Å². The molecule has 3 aliphatic carbocycles. The Morgan fingerprint density at radius 2 is 1.91 bits per heavy atom. The van der Waals surface area contributed by atoms with E-state index in [1.54, 1.807) is 16.7 Å². The first-order valence-corrected chi connectivity index (χ1v) is 8.33. The molecule has 0 nitrogen and oxygen atoms in total. The zero-order chi connectivity index (χ0) is 15.1. The molecule has 1 atom stereocenters. The first-order valence-electron chi connectivity index (χ1n) is 8.33. The maximum absolute atomic E-state index is 2.46. The van der Waals surface area contributed by atoms with Crippen LogP contribution in [-0.2, 0) is 0 Å². The standard InChI is InChI=1S/C22H22/c1-3-16-13-20-19(17-7-5-4-6-8-17)12-11-18-10-9-15(2)22(18)21(20)14-16/h4-10,12-13,22H,3,11,14H2,1-2H3. The molecule has 0 fully saturated rings. The van der Waals surface area contributed by atoms with Gasteiger partial charge in [-0.1, -0.05) is 78.3 Å². The number of allylic oxidation sites excluding steroid dienone is 10. The molecule has 0 aromatic heterocycles. The predicted molar refractivity (Wildman–Crippen MR) is 94.4 cm³/mol. The van der Waals surface area contributed by atoms with Crippen LogP contribution in [0.3, 0.4) is 0 Å². The van der Waals surface area contributed by atoms with Gasteiger partial charge in [0.2, 0.25) is 0 Å². The second-order valence-electron chi connectivity index (χ2n) is 6.55. The van der Waals surface area contributed by atoms with E-state index in [1.165, 1.54) is 22.3 Å². The molecule has 0 bridgehead atoms. The van der Waals surface area contributed by atoms with E-state index >= 15 is 0 Å². The van der Waals surface area contributed by atoms with Crippen LogP contribution in [-0.4, -0.2) is 0 Å². The number of fused-ring (bicyclic) bond motifs is 2.